The number of benzene rings is 1. The van der Waals surface area contributed by atoms with Gasteiger partial charge in [0.2, 0.25) is 0 Å². The standard InChI is InChI=1S/C16H12N4O2/c21-15-12(9-11-5-1-2-6-13(11)19-15)10-18-20-16(22)14-7-3-4-8-17-14/h1-10H,(H,19,21)(H,20,22)/b18-10+. The molecule has 2 aromatic heterocycles. The maximum Gasteiger partial charge on any atom is 0.289 e. The maximum absolute atomic E-state index is 11.9. The van der Waals surface area contributed by atoms with Gasteiger partial charge in [-0.3, -0.25) is 14.6 Å². The first-order valence-corrected chi connectivity index (χ1v) is 6.60. The minimum Gasteiger partial charge on any atom is -0.321 e. The normalized spacial score (nSPS) is 10.9. The highest BCUT2D eigenvalue weighted by atomic mass is 16.2. The molecule has 108 valence electrons. The summed E-state index contributed by atoms with van der Waals surface area (Å²) < 4.78 is 0. The van der Waals surface area contributed by atoms with E-state index in [1.807, 2.05) is 24.3 Å². The number of carbonyl (C=O) groups excluding carboxylic acids is 1. The molecule has 0 spiro atoms. The van der Waals surface area contributed by atoms with Gasteiger partial charge in [0.15, 0.2) is 0 Å². The second kappa shape index (κ2) is 6.01. The molecular formula is C16H12N4O2. The number of carbonyl (C=O) groups is 1. The molecule has 2 N–H and O–H groups in total. The lowest BCUT2D eigenvalue weighted by molar-refractivity contribution is 0.0950. The summed E-state index contributed by atoms with van der Waals surface area (Å²) in [6.07, 6.45) is 2.83. The van der Waals surface area contributed by atoms with Crippen molar-refractivity contribution in [2.75, 3.05) is 0 Å². The molecule has 6 heteroatoms. The number of aromatic amines is 1. The molecule has 1 amide bonds. The minimum absolute atomic E-state index is 0.257. The average molecular weight is 292 g/mol. The number of amides is 1. The Kier molecular flexibility index (Phi) is 3.74. The van der Waals surface area contributed by atoms with E-state index in [0.717, 1.165) is 10.9 Å². The largest absolute Gasteiger partial charge is 0.321 e. The highest BCUT2D eigenvalue weighted by Gasteiger charge is 2.04. The first kappa shape index (κ1) is 13.7. The monoisotopic (exact) mass is 292 g/mol. The summed E-state index contributed by atoms with van der Waals surface area (Å²) in [6, 6.07) is 14.1. The average Bonchev–Trinajstić information content (AvgIpc) is 2.56. The van der Waals surface area contributed by atoms with Crippen molar-refractivity contribution in [1.29, 1.82) is 0 Å². The molecule has 0 saturated heterocycles. The van der Waals surface area contributed by atoms with E-state index in [-0.39, 0.29) is 11.3 Å². The Morgan fingerprint density at radius 2 is 2.00 bits per heavy atom. The fourth-order valence-electron chi connectivity index (χ4n) is 1.97. The smallest absolute Gasteiger partial charge is 0.289 e. The van der Waals surface area contributed by atoms with Gasteiger partial charge in [0.1, 0.15) is 5.69 Å². The summed E-state index contributed by atoms with van der Waals surface area (Å²) in [6.45, 7) is 0. The van der Waals surface area contributed by atoms with Crippen LogP contribution in [-0.4, -0.2) is 22.1 Å². The fourth-order valence-corrected chi connectivity index (χ4v) is 1.97. The van der Waals surface area contributed by atoms with Gasteiger partial charge in [-0.25, -0.2) is 5.43 Å². The molecule has 6 nitrogen and oxygen atoms in total. The van der Waals surface area contributed by atoms with Crippen LogP contribution in [0.4, 0.5) is 0 Å². The molecule has 2 heterocycles. The molecule has 0 saturated carbocycles. The van der Waals surface area contributed by atoms with E-state index in [1.54, 1.807) is 24.3 Å². The summed E-state index contributed by atoms with van der Waals surface area (Å²) in [5.41, 5.74) is 3.44. The molecule has 1 aromatic carbocycles. The number of para-hydroxylation sites is 1. The maximum atomic E-state index is 11.9. The lowest BCUT2D eigenvalue weighted by atomic mass is 10.2. The van der Waals surface area contributed by atoms with Crippen LogP contribution < -0.4 is 11.0 Å². The van der Waals surface area contributed by atoms with Gasteiger partial charge in [-0.2, -0.15) is 5.10 Å². The first-order chi connectivity index (χ1) is 10.7. The Morgan fingerprint density at radius 1 is 1.18 bits per heavy atom. The number of pyridine rings is 2. The third-order valence-electron chi connectivity index (χ3n) is 3.05. The van der Waals surface area contributed by atoms with E-state index >= 15 is 0 Å². The quantitative estimate of drug-likeness (QED) is 0.569. The molecule has 0 radical (unpaired) electrons. The predicted molar refractivity (Wildman–Crippen MR) is 83.9 cm³/mol. The van der Waals surface area contributed by atoms with Gasteiger partial charge < -0.3 is 4.98 Å². The van der Waals surface area contributed by atoms with Gasteiger partial charge in [-0.1, -0.05) is 24.3 Å². The van der Waals surface area contributed by atoms with Crippen LogP contribution in [0.1, 0.15) is 16.1 Å². The third-order valence-corrected chi connectivity index (χ3v) is 3.05. The van der Waals surface area contributed by atoms with Crippen molar-refractivity contribution >= 4 is 23.0 Å². The van der Waals surface area contributed by atoms with E-state index in [0.29, 0.717) is 5.56 Å². The van der Waals surface area contributed by atoms with Gasteiger partial charge >= 0.3 is 0 Å². The second-order valence-corrected chi connectivity index (χ2v) is 4.56. The fraction of sp³-hybridized carbons (Fsp3) is 0. The molecule has 3 aromatic rings. The summed E-state index contributed by atoms with van der Waals surface area (Å²) in [5, 5.41) is 4.69. The van der Waals surface area contributed by atoms with E-state index in [2.05, 4.69) is 20.5 Å². The SMILES string of the molecule is O=C(N/N=C/c1cc2ccccc2[nH]c1=O)c1ccccn1. The van der Waals surface area contributed by atoms with Crippen LogP contribution >= 0.6 is 0 Å². The Balaban J connectivity index is 1.80. The van der Waals surface area contributed by atoms with Crippen LogP contribution in [0.15, 0.2) is 64.6 Å². The topological polar surface area (TPSA) is 87.2 Å². The van der Waals surface area contributed by atoms with Gasteiger partial charge in [-0.05, 0) is 29.7 Å². The highest BCUT2D eigenvalue weighted by molar-refractivity contribution is 5.93. The number of hydrogen-bond acceptors (Lipinski definition) is 4. The molecular weight excluding hydrogens is 280 g/mol. The lowest BCUT2D eigenvalue weighted by Gasteiger charge is -2.00. The summed E-state index contributed by atoms with van der Waals surface area (Å²) in [7, 11) is 0. The van der Waals surface area contributed by atoms with Crippen LogP contribution in [-0.2, 0) is 0 Å². The van der Waals surface area contributed by atoms with Crippen LogP contribution in [0.5, 0.6) is 0 Å². The van der Waals surface area contributed by atoms with Crippen molar-refractivity contribution in [3.63, 3.8) is 0 Å². The number of nitrogens with zero attached hydrogens (tertiary/aromatic N) is 2. The van der Waals surface area contributed by atoms with Crippen molar-refractivity contribution in [3.8, 4) is 0 Å². The number of hydrazone groups is 1. The number of H-pyrrole nitrogens is 1. The van der Waals surface area contributed by atoms with Crippen LogP contribution in [0.3, 0.4) is 0 Å². The zero-order valence-corrected chi connectivity index (χ0v) is 11.5. The third kappa shape index (κ3) is 2.90. The number of nitrogens with one attached hydrogen (secondary N) is 2. The zero-order chi connectivity index (χ0) is 15.4. The van der Waals surface area contributed by atoms with Crippen LogP contribution in [0.2, 0.25) is 0 Å². The molecule has 0 aliphatic rings. The van der Waals surface area contributed by atoms with Gasteiger partial charge in [-0.15, -0.1) is 0 Å². The Bertz CT molecular complexity index is 901. The molecule has 0 aliphatic carbocycles. The molecule has 3 rings (SSSR count). The van der Waals surface area contributed by atoms with Crippen LogP contribution in [0, 0.1) is 0 Å². The van der Waals surface area contributed by atoms with E-state index in [4.69, 9.17) is 0 Å². The lowest BCUT2D eigenvalue weighted by Crippen LogP contribution is -2.20. The van der Waals surface area contributed by atoms with Gasteiger partial charge in [0.25, 0.3) is 11.5 Å². The molecule has 0 bridgehead atoms. The summed E-state index contributed by atoms with van der Waals surface area (Å²) in [5.74, 6) is -0.436. The molecule has 0 atom stereocenters. The van der Waals surface area contributed by atoms with Crippen LogP contribution in [0.25, 0.3) is 10.9 Å². The van der Waals surface area contributed by atoms with Crippen molar-refractivity contribution < 1.29 is 4.79 Å². The number of fused-ring (bicyclic) bond motifs is 1. The predicted octanol–water partition coefficient (Wildman–Crippen LogP) is 1.69. The first-order valence-electron chi connectivity index (χ1n) is 6.60. The van der Waals surface area contributed by atoms with Crippen molar-refractivity contribution in [2.45, 2.75) is 0 Å². The van der Waals surface area contributed by atoms with E-state index < -0.39 is 5.91 Å². The Hall–Kier alpha value is -3.28. The zero-order valence-electron chi connectivity index (χ0n) is 11.5. The Labute approximate surface area is 125 Å². The van der Waals surface area contributed by atoms with Gasteiger partial charge in [0.05, 0.1) is 11.8 Å². The molecule has 0 aliphatic heterocycles. The summed E-state index contributed by atoms with van der Waals surface area (Å²) in [4.78, 5) is 30.3. The summed E-state index contributed by atoms with van der Waals surface area (Å²) >= 11 is 0. The Morgan fingerprint density at radius 3 is 2.82 bits per heavy atom. The van der Waals surface area contributed by atoms with Crippen molar-refractivity contribution in [3.05, 3.63) is 76.3 Å². The molecule has 0 unspecified atom stereocenters. The number of rotatable bonds is 3. The minimum atomic E-state index is -0.436. The highest BCUT2D eigenvalue weighted by Crippen LogP contribution is 2.08. The number of aromatic nitrogens is 2. The molecule has 0 fully saturated rings. The van der Waals surface area contributed by atoms with Crippen molar-refractivity contribution in [2.24, 2.45) is 5.10 Å². The van der Waals surface area contributed by atoms with Crippen molar-refractivity contribution in [1.82, 2.24) is 15.4 Å². The molecule has 22 heavy (non-hydrogen) atoms. The second-order valence-electron chi connectivity index (χ2n) is 4.56. The number of hydrogen-bond donors (Lipinski definition) is 2. The van der Waals surface area contributed by atoms with E-state index in [1.165, 1.54) is 12.4 Å². The van der Waals surface area contributed by atoms with E-state index in [9.17, 15) is 9.59 Å². The van der Waals surface area contributed by atoms with Gasteiger partial charge in [0, 0.05) is 11.7 Å².